The first-order valence-electron chi connectivity index (χ1n) is 5.82. The third-order valence-electron chi connectivity index (χ3n) is 2.75. The average molecular weight is 329 g/mol. The Hall–Kier alpha value is -1.90. The molecule has 1 aromatic carbocycles. The molecule has 1 heterocycles. The van der Waals surface area contributed by atoms with Gasteiger partial charge < -0.3 is 5.32 Å². The summed E-state index contributed by atoms with van der Waals surface area (Å²) < 4.78 is 24.1. The molecule has 21 heavy (non-hydrogen) atoms. The molecule has 2 rings (SSSR count). The van der Waals surface area contributed by atoms with Gasteiger partial charge in [-0.05, 0) is 30.7 Å². The zero-order valence-electron chi connectivity index (χ0n) is 11.3. The van der Waals surface area contributed by atoms with Crippen LogP contribution in [0.2, 0.25) is 5.02 Å². The lowest BCUT2D eigenvalue weighted by Gasteiger charge is -2.05. The number of benzene rings is 1. The Morgan fingerprint density at radius 1 is 1.43 bits per heavy atom. The van der Waals surface area contributed by atoms with Gasteiger partial charge in [0.05, 0.1) is 0 Å². The monoisotopic (exact) mass is 328 g/mol. The zero-order chi connectivity index (χ0) is 15.8. The second-order valence-electron chi connectivity index (χ2n) is 4.48. The Labute approximate surface area is 126 Å². The van der Waals surface area contributed by atoms with E-state index in [0.29, 0.717) is 10.6 Å². The van der Waals surface area contributed by atoms with Crippen molar-refractivity contribution < 1.29 is 13.2 Å². The number of amides is 1. The molecular formula is C12H13ClN4O3S. The minimum absolute atomic E-state index is 0.113. The summed E-state index contributed by atoms with van der Waals surface area (Å²) in [6, 6.07) is 4.71. The molecule has 0 bridgehead atoms. The highest BCUT2D eigenvalue weighted by Gasteiger charge is 2.20. The first kappa shape index (κ1) is 15.5. The number of aryl methyl sites for hydroxylation is 2. The van der Waals surface area contributed by atoms with Gasteiger partial charge in [0.15, 0.2) is 5.82 Å². The van der Waals surface area contributed by atoms with Crippen molar-refractivity contribution in [2.24, 2.45) is 12.2 Å². The maximum absolute atomic E-state index is 12.1. The van der Waals surface area contributed by atoms with E-state index < -0.39 is 15.9 Å². The molecule has 7 nitrogen and oxygen atoms in total. The third kappa shape index (κ3) is 3.41. The van der Waals surface area contributed by atoms with E-state index in [-0.39, 0.29) is 10.7 Å². The number of nitrogens with zero attached hydrogens (tertiary/aromatic N) is 2. The number of sulfonamides is 1. The van der Waals surface area contributed by atoms with E-state index in [4.69, 9.17) is 16.7 Å². The summed E-state index contributed by atoms with van der Waals surface area (Å²) in [6.45, 7) is 1.76. The van der Waals surface area contributed by atoms with Crippen LogP contribution in [0.15, 0.2) is 29.3 Å². The molecule has 3 N–H and O–H groups in total. The molecule has 0 radical (unpaired) electrons. The maximum Gasteiger partial charge on any atom is 0.256 e. The molecule has 0 aliphatic rings. The lowest BCUT2D eigenvalue weighted by Crippen LogP contribution is -2.17. The molecule has 1 aromatic heterocycles. The van der Waals surface area contributed by atoms with Gasteiger partial charge in [0, 0.05) is 23.8 Å². The van der Waals surface area contributed by atoms with Crippen LogP contribution in [0.3, 0.4) is 0 Å². The van der Waals surface area contributed by atoms with E-state index in [1.165, 1.54) is 24.0 Å². The van der Waals surface area contributed by atoms with Crippen LogP contribution < -0.4 is 10.5 Å². The molecule has 0 fully saturated rings. The number of nitrogens with one attached hydrogen (secondary N) is 1. The number of aromatic nitrogens is 2. The molecule has 2 aromatic rings. The fourth-order valence-electron chi connectivity index (χ4n) is 1.73. The Morgan fingerprint density at radius 2 is 2.10 bits per heavy atom. The summed E-state index contributed by atoms with van der Waals surface area (Å²) in [7, 11) is -2.45. The van der Waals surface area contributed by atoms with Crippen molar-refractivity contribution in [1.82, 2.24) is 9.78 Å². The number of anilines is 1. The molecule has 0 atom stereocenters. The van der Waals surface area contributed by atoms with Crippen LogP contribution >= 0.6 is 11.6 Å². The van der Waals surface area contributed by atoms with E-state index in [1.54, 1.807) is 19.1 Å². The van der Waals surface area contributed by atoms with Crippen LogP contribution in [0.4, 0.5) is 5.82 Å². The lowest BCUT2D eigenvalue weighted by molar-refractivity contribution is 0.102. The van der Waals surface area contributed by atoms with Crippen LogP contribution in [0.1, 0.15) is 15.9 Å². The molecule has 1 amide bonds. The maximum atomic E-state index is 12.1. The van der Waals surface area contributed by atoms with E-state index in [0.717, 1.165) is 5.56 Å². The largest absolute Gasteiger partial charge is 0.304 e. The van der Waals surface area contributed by atoms with E-state index in [1.807, 2.05) is 0 Å². The van der Waals surface area contributed by atoms with Crippen molar-refractivity contribution in [3.8, 4) is 0 Å². The first-order chi connectivity index (χ1) is 9.68. The smallest absolute Gasteiger partial charge is 0.256 e. The quantitative estimate of drug-likeness (QED) is 0.884. The standard InChI is InChI=1S/C12H13ClN4O3S/c1-7-5-8(3-4-9(7)13)12(18)15-11-10(21(14,19)20)6-17(2)16-11/h3-6H,1-2H3,(H2,14,19,20)(H,15,16,18). The number of nitrogens with two attached hydrogens (primary N) is 1. The van der Waals surface area contributed by atoms with E-state index in [9.17, 15) is 13.2 Å². The summed E-state index contributed by atoms with van der Waals surface area (Å²) >= 11 is 5.89. The SMILES string of the molecule is Cc1cc(C(=O)Nc2nn(C)cc2S(N)(=O)=O)ccc1Cl. The normalized spacial score (nSPS) is 11.4. The Bertz CT molecular complexity index is 814. The van der Waals surface area contributed by atoms with Crippen molar-refractivity contribution in [3.05, 3.63) is 40.5 Å². The van der Waals surface area contributed by atoms with Crippen LogP contribution in [0, 0.1) is 6.92 Å². The lowest BCUT2D eigenvalue weighted by atomic mass is 10.1. The number of carbonyl (C=O) groups excluding carboxylic acids is 1. The summed E-state index contributed by atoms with van der Waals surface area (Å²) in [5.41, 5.74) is 1.07. The van der Waals surface area contributed by atoms with Gasteiger partial charge in [-0.2, -0.15) is 5.10 Å². The topological polar surface area (TPSA) is 107 Å². The van der Waals surface area contributed by atoms with Crippen LogP contribution in [-0.2, 0) is 17.1 Å². The predicted molar refractivity (Wildman–Crippen MR) is 78.7 cm³/mol. The van der Waals surface area contributed by atoms with Gasteiger partial charge in [0.2, 0.25) is 10.0 Å². The summed E-state index contributed by atoms with van der Waals surface area (Å²) in [6.07, 6.45) is 1.22. The second-order valence-corrected chi connectivity index (χ2v) is 6.42. The van der Waals surface area contributed by atoms with Gasteiger partial charge in [-0.1, -0.05) is 11.6 Å². The number of halogens is 1. The molecule has 0 aliphatic carbocycles. The van der Waals surface area contributed by atoms with E-state index >= 15 is 0 Å². The third-order valence-corrected chi connectivity index (χ3v) is 4.09. The van der Waals surface area contributed by atoms with Gasteiger partial charge in [-0.3, -0.25) is 9.48 Å². The summed E-state index contributed by atoms with van der Waals surface area (Å²) in [5, 5.41) is 11.9. The van der Waals surface area contributed by atoms with Crippen molar-refractivity contribution in [2.45, 2.75) is 11.8 Å². The Balaban J connectivity index is 2.34. The first-order valence-corrected chi connectivity index (χ1v) is 7.75. The Morgan fingerprint density at radius 3 is 2.67 bits per heavy atom. The minimum Gasteiger partial charge on any atom is -0.304 e. The van der Waals surface area contributed by atoms with Gasteiger partial charge in [0.25, 0.3) is 5.91 Å². The molecular weight excluding hydrogens is 316 g/mol. The van der Waals surface area contributed by atoms with Crippen molar-refractivity contribution >= 4 is 33.3 Å². The predicted octanol–water partition coefficient (Wildman–Crippen LogP) is 1.28. The molecule has 0 aliphatic heterocycles. The minimum atomic E-state index is -3.97. The molecule has 0 spiro atoms. The second kappa shape index (κ2) is 5.47. The van der Waals surface area contributed by atoms with Crippen molar-refractivity contribution in [3.63, 3.8) is 0 Å². The van der Waals surface area contributed by atoms with Gasteiger partial charge >= 0.3 is 0 Å². The molecule has 0 saturated carbocycles. The summed E-state index contributed by atoms with van der Waals surface area (Å²) in [5.74, 6) is -0.615. The number of primary sulfonamides is 1. The van der Waals surface area contributed by atoms with E-state index in [2.05, 4.69) is 10.4 Å². The number of hydrogen-bond acceptors (Lipinski definition) is 4. The van der Waals surface area contributed by atoms with Crippen LogP contribution in [-0.4, -0.2) is 24.1 Å². The number of carbonyl (C=O) groups is 1. The van der Waals surface area contributed by atoms with Crippen LogP contribution in [0.5, 0.6) is 0 Å². The Kier molecular flexibility index (Phi) is 4.04. The zero-order valence-corrected chi connectivity index (χ0v) is 12.9. The highest BCUT2D eigenvalue weighted by Crippen LogP contribution is 2.20. The highest BCUT2D eigenvalue weighted by molar-refractivity contribution is 7.89. The fraction of sp³-hybridized carbons (Fsp3) is 0.167. The molecule has 0 unspecified atom stereocenters. The highest BCUT2D eigenvalue weighted by atomic mass is 35.5. The average Bonchev–Trinajstić information content (AvgIpc) is 2.73. The van der Waals surface area contributed by atoms with Gasteiger partial charge in [-0.25, -0.2) is 13.6 Å². The van der Waals surface area contributed by atoms with Crippen LogP contribution in [0.25, 0.3) is 0 Å². The summed E-state index contributed by atoms with van der Waals surface area (Å²) in [4.78, 5) is 11.9. The van der Waals surface area contributed by atoms with Crippen molar-refractivity contribution in [2.75, 3.05) is 5.32 Å². The number of rotatable bonds is 3. The molecule has 9 heteroatoms. The van der Waals surface area contributed by atoms with Crippen molar-refractivity contribution in [1.29, 1.82) is 0 Å². The fourth-order valence-corrected chi connectivity index (χ4v) is 2.51. The van der Waals surface area contributed by atoms with Gasteiger partial charge in [0.1, 0.15) is 4.90 Å². The van der Waals surface area contributed by atoms with Gasteiger partial charge in [-0.15, -0.1) is 0 Å². The molecule has 0 saturated heterocycles. The molecule has 112 valence electrons. The number of hydrogen-bond donors (Lipinski definition) is 2.